The van der Waals surface area contributed by atoms with Crippen molar-refractivity contribution in [1.29, 1.82) is 0 Å². The molecule has 3 heterocycles. The van der Waals surface area contributed by atoms with Crippen LogP contribution in [0.25, 0.3) is 0 Å². The number of ether oxygens (including phenoxy) is 5. The van der Waals surface area contributed by atoms with Crippen molar-refractivity contribution in [3.05, 3.63) is 0 Å². The van der Waals surface area contributed by atoms with Gasteiger partial charge in [0, 0.05) is 6.42 Å². The molecule has 7 heteroatoms. The maximum Gasteiger partial charge on any atom is 0.163 e. The number of hydrogen-bond donors (Lipinski definition) is 1. The summed E-state index contributed by atoms with van der Waals surface area (Å²) in [7, 11) is 0. The van der Waals surface area contributed by atoms with Gasteiger partial charge in [-0.2, -0.15) is 0 Å². The molecule has 3 fully saturated rings. The van der Waals surface area contributed by atoms with Crippen LogP contribution in [0.1, 0.15) is 41.0 Å². The van der Waals surface area contributed by atoms with Crippen LogP contribution in [0.15, 0.2) is 0 Å². The van der Waals surface area contributed by atoms with Gasteiger partial charge in [0.1, 0.15) is 23.2 Å². The van der Waals surface area contributed by atoms with E-state index in [0.717, 1.165) is 5.75 Å². The van der Waals surface area contributed by atoms with Gasteiger partial charge >= 0.3 is 0 Å². The first-order valence-electron chi connectivity index (χ1n) is 8.29. The minimum absolute atomic E-state index is 0.0635. The fourth-order valence-electron chi connectivity index (χ4n) is 3.64. The van der Waals surface area contributed by atoms with Gasteiger partial charge in [-0.25, -0.2) is 0 Å². The Kier molecular flexibility index (Phi) is 4.77. The Morgan fingerprint density at radius 1 is 0.957 bits per heavy atom. The van der Waals surface area contributed by atoms with Gasteiger partial charge in [-0.1, -0.05) is 6.92 Å². The summed E-state index contributed by atoms with van der Waals surface area (Å²) >= 11 is 1.61. The van der Waals surface area contributed by atoms with E-state index in [0.29, 0.717) is 13.0 Å². The third-order valence-electron chi connectivity index (χ3n) is 4.45. The first-order chi connectivity index (χ1) is 10.7. The average molecular weight is 348 g/mol. The zero-order valence-electron chi connectivity index (χ0n) is 14.5. The molecule has 0 spiro atoms. The Bertz CT molecular complexity index is 442. The molecular weight excluding hydrogens is 320 g/mol. The van der Waals surface area contributed by atoms with E-state index in [4.69, 9.17) is 23.7 Å². The van der Waals surface area contributed by atoms with E-state index in [1.807, 2.05) is 27.7 Å². The second-order valence-corrected chi connectivity index (χ2v) is 8.90. The van der Waals surface area contributed by atoms with Crippen LogP contribution in [0.3, 0.4) is 0 Å². The molecule has 23 heavy (non-hydrogen) atoms. The van der Waals surface area contributed by atoms with Crippen molar-refractivity contribution >= 4 is 11.8 Å². The highest BCUT2D eigenvalue weighted by Crippen LogP contribution is 2.47. The molecule has 0 aromatic carbocycles. The van der Waals surface area contributed by atoms with Gasteiger partial charge in [-0.3, -0.25) is 0 Å². The van der Waals surface area contributed by atoms with Crippen molar-refractivity contribution < 1.29 is 28.8 Å². The van der Waals surface area contributed by atoms with Gasteiger partial charge in [-0.15, -0.1) is 11.8 Å². The van der Waals surface area contributed by atoms with E-state index in [1.54, 1.807) is 11.8 Å². The van der Waals surface area contributed by atoms with Crippen LogP contribution in [0.4, 0.5) is 0 Å². The summed E-state index contributed by atoms with van der Waals surface area (Å²) in [6, 6.07) is 0. The molecule has 3 aliphatic heterocycles. The van der Waals surface area contributed by atoms with E-state index < -0.39 is 16.5 Å². The Balaban J connectivity index is 1.85. The number of aliphatic hydroxyl groups excluding tert-OH is 1. The van der Waals surface area contributed by atoms with Crippen molar-refractivity contribution in [3.8, 4) is 0 Å². The topological polar surface area (TPSA) is 66.4 Å². The summed E-state index contributed by atoms with van der Waals surface area (Å²) in [5.74, 6) is -0.438. The SMILES string of the molecule is CCS[C@]1(CO)C[C@H]2OC(C)(C)O[C@H]2[C@@H]([C@H]2COC(C)(C)O2)O1. The van der Waals surface area contributed by atoms with E-state index in [1.165, 1.54) is 0 Å². The summed E-state index contributed by atoms with van der Waals surface area (Å²) in [6.45, 7) is 10.0. The average Bonchev–Trinajstić information content (AvgIpc) is 2.96. The molecule has 0 aromatic heterocycles. The lowest BCUT2D eigenvalue weighted by Crippen LogP contribution is -2.58. The number of thioether (sulfide) groups is 1. The lowest BCUT2D eigenvalue weighted by atomic mass is 9.94. The van der Waals surface area contributed by atoms with Crippen molar-refractivity contribution in [1.82, 2.24) is 0 Å². The van der Waals surface area contributed by atoms with Crippen molar-refractivity contribution in [3.63, 3.8) is 0 Å². The van der Waals surface area contributed by atoms with Gasteiger partial charge in [0.25, 0.3) is 0 Å². The van der Waals surface area contributed by atoms with Crippen LogP contribution < -0.4 is 0 Å². The summed E-state index contributed by atoms with van der Waals surface area (Å²) in [4.78, 5) is -0.680. The highest BCUT2D eigenvalue weighted by Gasteiger charge is 2.58. The second-order valence-electron chi connectivity index (χ2n) is 7.29. The summed E-state index contributed by atoms with van der Waals surface area (Å²) < 4.78 is 30.2. The maximum absolute atomic E-state index is 9.97. The number of hydrogen-bond acceptors (Lipinski definition) is 7. The highest BCUT2D eigenvalue weighted by atomic mass is 32.2. The smallest absolute Gasteiger partial charge is 0.163 e. The molecule has 3 saturated heterocycles. The molecule has 134 valence electrons. The normalized spacial score (nSPS) is 45.1. The largest absolute Gasteiger partial charge is 0.392 e. The Labute approximate surface area is 142 Å². The highest BCUT2D eigenvalue weighted by molar-refractivity contribution is 8.00. The predicted octanol–water partition coefficient (Wildman–Crippen LogP) is 1.89. The molecule has 0 aliphatic carbocycles. The first-order valence-corrected chi connectivity index (χ1v) is 9.28. The third kappa shape index (κ3) is 3.56. The minimum Gasteiger partial charge on any atom is -0.392 e. The Morgan fingerprint density at radius 2 is 1.61 bits per heavy atom. The molecule has 3 aliphatic rings. The van der Waals surface area contributed by atoms with E-state index in [2.05, 4.69) is 6.92 Å². The predicted molar refractivity (Wildman–Crippen MR) is 86.2 cm³/mol. The third-order valence-corrected chi connectivity index (χ3v) is 5.66. The van der Waals surface area contributed by atoms with Crippen molar-refractivity contribution in [2.75, 3.05) is 19.0 Å². The molecule has 0 unspecified atom stereocenters. The fourth-order valence-corrected chi connectivity index (χ4v) is 4.72. The molecule has 0 radical (unpaired) electrons. The van der Waals surface area contributed by atoms with Gasteiger partial charge < -0.3 is 28.8 Å². The van der Waals surface area contributed by atoms with Crippen LogP contribution in [0.2, 0.25) is 0 Å². The Hall–Kier alpha value is 0.110. The summed E-state index contributed by atoms with van der Waals surface area (Å²) in [5.41, 5.74) is 0. The number of aliphatic hydroxyl groups is 1. The minimum atomic E-state index is -0.680. The molecule has 3 rings (SSSR count). The zero-order valence-corrected chi connectivity index (χ0v) is 15.4. The molecule has 0 bridgehead atoms. The maximum atomic E-state index is 9.97. The standard InChI is InChI=1S/C16H28O6S/c1-6-23-16(9-17)7-10-12(21-15(4,5)19-10)13(22-16)11-8-18-14(2,3)20-11/h10-13,17H,6-9H2,1-5H3/t10-,11-,12-,13-,16+/m1/s1. The second kappa shape index (κ2) is 6.12. The molecule has 0 aromatic rings. The van der Waals surface area contributed by atoms with Gasteiger partial charge in [0.15, 0.2) is 11.6 Å². The summed E-state index contributed by atoms with van der Waals surface area (Å²) in [5, 5.41) is 9.97. The number of fused-ring (bicyclic) bond motifs is 1. The number of rotatable bonds is 4. The van der Waals surface area contributed by atoms with Crippen molar-refractivity contribution in [2.24, 2.45) is 0 Å². The monoisotopic (exact) mass is 348 g/mol. The summed E-state index contributed by atoms with van der Waals surface area (Å²) in [6.07, 6.45) is -0.307. The quantitative estimate of drug-likeness (QED) is 0.832. The molecule has 0 saturated carbocycles. The van der Waals surface area contributed by atoms with Crippen LogP contribution in [0.5, 0.6) is 0 Å². The van der Waals surface area contributed by atoms with Crippen LogP contribution >= 0.6 is 11.8 Å². The lowest BCUT2D eigenvalue weighted by Gasteiger charge is -2.45. The van der Waals surface area contributed by atoms with Crippen LogP contribution in [-0.4, -0.2) is 65.0 Å². The van der Waals surface area contributed by atoms with Crippen molar-refractivity contribution in [2.45, 2.75) is 82.0 Å². The first kappa shape index (κ1) is 17.9. The van der Waals surface area contributed by atoms with Gasteiger partial charge in [0.05, 0.1) is 19.3 Å². The molecule has 1 N–H and O–H groups in total. The lowest BCUT2D eigenvalue weighted by molar-refractivity contribution is -0.215. The molecular formula is C16H28O6S. The van der Waals surface area contributed by atoms with Gasteiger partial charge in [-0.05, 0) is 33.4 Å². The zero-order chi connectivity index (χ0) is 16.9. The van der Waals surface area contributed by atoms with E-state index in [9.17, 15) is 5.11 Å². The Morgan fingerprint density at radius 3 is 2.17 bits per heavy atom. The molecule has 5 atom stereocenters. The van der Waals surface area contributed by atoms with E-state index >= 15 is 0 Å². The fraction of sp³-hybridized carbons (Fsp3) is 1.00. The van der Waals surface area contributed by atoms with Crippen LogP contribution in [-0.2, 0) is 23.7 Å². The molecule has 0 amide bonds. The van der Waals surface area contributed by atoms with E-state index in [-0.39, 0.29) is 31.0 Å². The van der Waals surface area contributed by atoms with Gasteiger partial charge in [0.2, 0.25) is 0 Å². The van der Waals surface area contributed by atoms with Crippen LogP contribution in [0, 0.1) is 0 Å². The molecule has 6 nitrogen and oxygen atoms in total.